The molecule has 0 aliphatic heterocycles. The van der Waals surface area contributed by atoms with Gasteiger partial charge in [0.2, 0.25) is 5.82 Å². The molecule has 2 N–H and O–H groups in total. The predicted molar refractivity (Wildman–Crippen MR) is 59.6 cm³/mol. The van der Waals surface area contributed by atoms with Crippen LogP contribution in [0.4, 0.5) is 15.8 Å². The Bertz CT molecular complexity index is 597. The fraction of sp³-hybridized carbons (Fsp3) is 0. The van der Waals surface area contributed by atoms with E-state index in [0.29, 0.717) is 0 Å². The molecule has 92 valence electrons. The molecule has 1 heterocycles. The van der Waals surface area contributed by atoms with Gasteiger partial charge in [-0.2, -0.15) is 4.39 Å². The molecule has 0 spiro atoms. The van der Waals surface area contributed by atoms with Crippen LogP contribution in [0, 0.1) is 15.9 Å². The van der Waals surface area contributed by atoms with Crippen LogP contribution in [-0.2, 0) is 0 Å². The lowest BCUT2D eigenvalue weighted by atomic mass is 10.2. The summed E-state index contributed by atoms with van der Waals surface area (Å²) in [6.45, 7) is 0. The molecule has 7 nitrogen and oxygen atoms in total. The number of hydrogen-bond donors (Lipinski definition) is 2. The summed E-state index contributed by atoms with van der Waals surface area (Å²) in [6, 6.07) is 3.09. The zero-order valence-electron chi connectivity index (χ0n) is 8.88. The van der Waals surface area contributed by atoms with E-state index in [-0.39, 0.29) is 11.5 Å². The van der Waals surface area contributed by atoms with Crippen molar-refractivity contribution in [3.05, 3.63) is 52.3 Å². The molecule has 0 fully saturated rings. The van der Waals surface area contributed by atoms with E-state index in [0.717, 1.165) is 12.1 Å². The largest absolute Gasteiger partial charge is 0.341 e. The number of amides is 1. The molecule has 0 aliphatic carbocycles. The summed E-state index contributed by atoms with van der Waals surface area (Å²) < 4.78 is 13.3. The van der Waals surface area contributed by atoms with Gasteiger partial charge >= 0.3 is 5.69 Å². The molecule has 0 saturated carbocycles. The number of nitro groups is 1. The Hall–Kier alpha value is -2.77. The number of carbonyl (C=O) groups is 1. The van der Waals surface area contributed by atoms with Crippen molar-refractivity contribution in [1.82, 2.24) is 9.97 Å². The molecular formula is C10H7FN4O3. The molecule has 2 rings (SSSR count). The van der Waals surface area contributed by atoms with Crippen LogP contribution in [0.3, 0.4) is 0 Å². The lowest BCUT2D eigenvalue weighted by molar-refractivity contribution is -0.387. The van der Waals surface area contributed by atoms with Gasteiger partial charge in [-0.25, -0.2) is 4.98 Å². The number of rotatable bonds is 3. The number of nitrogens with one attached hydrogen (secondary N) is 2. The van der Waals surface area contributed by atoms with Crippen molar-refractivity contribution in [3.8, 4) is 0 Å². The molecule has 18 heavy (non-hydrogen) atoms. The van der Waals surface area contributed by atoms with Crippen LogP contribution in [0.5, 0.6) is 0 Å². The van der Waals surface area contributed by atoms with Gasteiger partial charge in [0, 0.05) is 30.2 Å². The van der Waals surface area contributed by atoms with Crippen molar-refractivity contribution in [2.45, 2.75) is 0 Å². The van der Waals surface area contributed by atoms with Crippen LogP contribution in [-0.4, -0.2) is 20.8 Å². The fourth-order valence-corrected chi connectivity index (χ4v) is 1.31. The van der Waals surface area contributed by atoms with Gasteiger partial charge in [-0.3, -0.25) is 14.9 Å². The van der Waals surface area contributed by atoms with Gasteiger partial charge in [-0.1, -0.05) is 0 Å². The minimum Gasteiger partial charge on any atom is -0.341 e. The van der Waals surface area contributed by atoms with Crippen molar-refractivity contribution in [3.63, 3.8) is 0 Å². The van der Waals surface area contributed by atoms with E-state index in [2.05, 4.69) is 15.3 Å². The SMILES string of the molecule is O=C(Nc1ccc([N+](=O)[O-])c(F)c1)c1ncc[nH]1. The summed E-state index contributed by atoms with van der Waals surface area (Å²) in [6.07, 6.45) is 2.86. The molecule has 0 unspecified atom stereocenters. The number of imidazole rings is 1. The van der Waals surface area contributed by atoms with Gasteiger partial charge in [0.25, 0.3) is 5.91 Å². The number of benzene rings is 1. The molecule has 1 aromatic carbocycles. The molecule has 8 heteroatoms. The van der Waals surface area contributed by atoms with Gasteiger partial charge in [0.1, 0.15) is 0 Å². The summed E-state index contributed by atoms with van der Waals surface area (Å²) in [5.41, 5.74) is -0.537. The number of halogens is 1. The standard InChI is InChI=1S/C10H7FN4O3/c11-7-5-6(1-2-8(7)15(17)18)14-10(16)9-12-3-4-13-9/h1-5H,(H,12,13)(H,14,16). The molecule has 1 aromatic heterocycles. The Kier molecular flexibility index (Phi) is 3.00. The number of nitro benzene ring substituents is 1. The number of aromatic amines is 1. The predicted octanol–water partition coefficient (Wildman–Crippen LogP) is 1.71. The highest BCUT2D eigenvalue weighted by atomic mass is 19.1. The fourth-order valence-electron chi connectivity index (χ4n) is 1.31. The number of aromatic nitrogens is 2. The monoisotopic (exact) mass is 250 g/mol. The topological polar surface area (TPSA) is 101 Å². The average molecular weight is 250 g/mol. The van der Waals surface area contributed by atoms with Gasteiger partial charge in [-0.15, -0.1) is 0 Å². The minimum absolute atomic E-state index is 0.0637. The van der Waals surface area contributed by atoms with E-state index >= 15 is 0 Å². The molecular weight excluding hydrogens is 243 g/mol. The van der Waals surface area contributed by atoms with Crippen LogP contribution in [0.1, 0.15) is 10.6 Å². The van der Waals surface area contributed by atoms with Crippen LogP contribution < -0.4 is 5.32 Å². The highest BCUT2D eigenvalue weighted by molar-refractivity contribution is 6.01. The van der Waals surface area contributed by atoms with Crippen molar-refractivity contribution in [1.29, 1.82) is 0 Å². The third-order valence-corrected chi connectivity index (χ3v) is 2.12. The molecule has 0 radical (unpaired) electrons. The third-order valence-electron chi connectivity index (χ3n) is 2.12. The quantitative estimate of drug-likeness (QED) is 0.639. The molecule has 0 bridgehead atoms. The van der Waals surface area contributed by atoms with Gasteiger partial charge < -0.3 is 10.3 Å². The summed E-state index contributed by atoms with van der Waals surface area (Å²) >= 11 is 0. The number of hydrogen-bond acceptors (Lipinski definition) is 4. The van der Waals surface area contributed by atoms with Crippen molar-refractivity contribution in [2.24, 2.45) is 0 Å². The van der Waals surface area contributed by atoms with Gasteiger partial charge in [0.15, 0.2) is 5.82 Å². The summed E-state index contributed by atoms with van der Waals surface area (Å²) in [5, 5.41) is 12.8. The van der Waals surface area contributed by atoms with Crippen molar-refractivity contribution in [2.75, 3.05) is 5.32 Å². The number of H-pyrrole nitrogens is 1. The van der Waals surface area contributed by atoms with Crippen molar-refractivity contribution < 1.29 is 14.1 Å². The van der Waals surface area contributed by atoms with E-state index in [4.69, 9.17) is 0 Å². The first kappa shape index (κ1) is 11.7. The Morgan fingerprint density at radius 3 is 2.83 bits per heavy atom. The number of nitrogens with zero attached hydrogens (tertiary/aromatic N) is 2. The second kappa shape index (κ2) is 4.62. The molecule has 1 amide bonds. The maximum Gasteiger partial charge on any atom is 0.304 e. The first-order chi connectivity index (χ1) is 8.58. The lowest BCUT2D eigenvalue weighted by Gasteiger charge is -2.03. The van der Waals surface area contributed by atoms with E-state index in [1.54, 1.807) is 0 Å². The lowest BCUT2D eigenvalue weighted by Crippen LogP contribution is -2.13. The van der Waals surface area contributed by atoms with E-state index < -0.39 is 22.3 Å². The first-order valence-electron chi connectivity index (χ1n) is 4.82. The molecule has 0 atom stereocenters. The third kappa shape index (κ3) is 2.32. The van der Waals surface area contributed by atoms with Gasteiger partial charge in [-0.05, 0) is 6.07 Å². The molecule has 0 saturated heterocycles. The Morgan fingerprint density at radius 2 is 2.28 bits per heavy atom. The maximum absolute atomic E-state index is 13.3. The van der Waals surface area contributed by atoms with Crippen LogP contribution in [0.25, 0.3) is 0 Å². The summed E-state index contributed by atoms with van der Waals surface area (Å²) in [5.74, 6) is -1.51. The minimum atomic E-state index is -1.02. The van der Waals surface area contributed by atoms with Crippen LogP contribution in [0.15, 0.2) is 30.6 Å². The second-order valence-electron chi connectivity index (χ2n) is 3.32. The molecule has 2 aromatic rings. The highest BCUT2D eigenvalue weighted by Gasteiger charge is 2.15. The summed E-state index contributed by atoms with van der Waals surface area (Å²) in [4.78, 5) is 27.4. The Labute approximate surface area is 99.8 Å². The molecule has 0 aliphatic rings. The van der Waals surface area contributed by atoms with E-state index in [1.807, 2.05) is 0 Å². The normalized spacial score (nSPS) is 10.1. The van der Waals surface area contributed by atoms with Gasteiger partial charge in [0.05, 0.1) is 4.92 Å². The summed E-state index contributed by atoms with van der Waals surface area (Å²) in [7, 11) is 0. The smallest absolute Gasteiger partial charge is 0.304 e. The van der Waals surface area contributed by atoms with Crippen LogP contribution in [0.2, 0.25) is 0 Å². The highest BCUT2D eigenvalue weighted by Crippen LogP contribution is 2.20. The van der Waals surface area contributed by atoms with E-state index in [9.17, 15) is 19.3 Å². The van der Waals surface area contributed by atoms with Crippen molar-refractivity contribution >= 4 is 17.3 Å². The number of carbonyl (C=O) groups excluding carboxylic acids is 1. The Balaban J connectivity index is 2.18. The van der Waals surface area contributed by atoms with E-state index in [1.165, 1.54) is 18.5 Å². The second-order valence-corrected chi connectivity index (χ2v) is 3.32. The zero-order chi connectivity index (χ0) is 13.1. The number of anilines is 1. The zero-order valence-corrected chi connectivity index (χ0v) is 8.88. The Morgan fingerprint density at radius 1 is 1.50 bits per heavy atom. The maximum atomic E-state index is 13.3. The van der Waals surface area contributed by atoms with Crippen LogP contribution >= 0.6 is 0 Å². The average Bonchev–Trinajstić information content (AvgIpc) is 2.81. The first-order valence-corrected chi connectivity index (χ1v) is 4.82.